The third-order valence-electron chi connectivity index (χ3n) is 5.03. The van der Waals surface area contributed by atoms with Gasteiger partial charge in [0.25, 0.3) is 5.22 Å². The molecule has 0 aromatic carbocycles. The minimum atomic E-state index is 0.417. The van der Waals surface area contributed by atoms with Gasteiger partial charge in [-0.05, 0) is 37.1 Å². The first-order valence-corrected chi connectivity index (χ1v) is 9.04. The van der Waals surface area contributed by atoms with Crippen LogP contribution in [0.3, 0.4) is 0 Å². The van der Waals surface area contributed by atoms with Crippen LogP contribution in [0.4, 0.5) is 0 Å². The Morgan fingerprint density at radius 1 is 1.29 bits per heavy atom. The van der Waals surface area contributed by atoms with Gasteiger partial charge in [0.15, 0.2) is 0 Å². The molecule has 0 saturated heterocycles. The highest BCUT2D eigenvalue weighted by Crippen LogP contribution is 2.44. The molecule has 1 N–H and O–H groups in total. The van der Waals surface area contributed by atoms with Crippen LogP contribution in [0.5, 0.6) is 0 Å². The molecule has 1 heterocycles. The SMILES string of the molecule is CCNC1CCC(C(C)(C)CC)CC1Sc1nnc(C)o1. The van der Waals surface area contributed by atoms with Gasteiger partial charge in [0.2, 0.25) is 5.89 Å². The Labute approximate surface area is 132 Å². The molecule has 0 bridgehead atoms. The third kappa shape index (κ3) is 4.22. The number of nitrogens with zero attached hydrogens (tertiary/aromatic N) is 2. The summed E-state index contributed by atoms with van der Waals surface area (Å²) >= 11 is 1.76. The molecule has 120 valence electrons. The molecule has 1 aromatic rings. The summed E-state index contributed by atoms with van der Waals surface area (Å²) in [6, 6.07) is 0.552. The Bertz CT molecular complexity index is 446. The van der Waals surface area contributed by atoms with E-state index in [9.17, 15) is 0 Å². The lowest BCUT2D eigenvalue weighted by Crippen LogP contribution is -2.45. The molecule has 1 aliphatic carbocycles. The van der Waals surface area contributed by atoms with Crippen LogP contribution in [0.25, 0.3) is 0 Å². The maximum absolute atomic E-state index is 5.57. The van der Waals surface area contributed by atoms with Crippen molar-refractivity contribution >= 4 is 11.8 Å². The average molecular weight is 311 g/mol. The summed E-state index contributed by atoms with van der Waals surface area (Å²) in [4.78, 5) is 0. The molecule has 3 atom stereocenters. The molecule has 1 aliphatic rings. The molecule has 0 radical (unpaired) electrons. The minimum Gasteiger partial charge on any atom is -0.416 e. The molecule has 4 nitrogen and oxygen atoms in total. The third-order valence-corrected chi connectivity index (χ3v) is 6.22. The lowest BCUT2D eigenvalue weighted by molar-refractivity contribution is 0.141. The van der Waals surface area contributed by atoms with Crippen molar-refractivity contribution in [1.29, 1.82) is 0 Å². The van der Waals surface area contributed by atoms with Crippen molar-refractivity contribution in [2.75, 3.05) is 6.54 Å². The molecular formula is C16H29N3OS. The number of thioether (sulfide) groups is 1. The quantitative estimate of drug-likeness (QED) is 0.859. The van der Waals surface area contributed by atoms with E-state index in [0.29, 0.717) is 22.6 Å². The van der Waals surface area contributed by atoms with E-state index in [2.05, 4.69) is 43.2 Å². The fraction of sp³-hybridized carbons (Fsp3) is 0.875. The zero-order chi connectivity index (χ0) is 15.5. The minimum absolute atomic E-state index is 0.417. The van der Waals surface area contributed by atoms with E-state index in [4.69, 9.17) is 4.42 Å². The van der Waals surface area contributed by atoms with E-state index < -0.39 is 0 Å². The van der Waals surface area contributed by atoms with Crippen LogP contribution in [0, 0.1) is 18.3 Å². The molecule has 0 amide bonds. The van der Waals surface area contributed by atoms with Crippen LogP contribution < -0.4 is 5.32 Å². The van der Waals surface area contributed by atoms with Crippen molar-refractivity contribution in [3.05, 3.63) is 5.89 Å². The number of rotatable bonds is 6. The van der Waals surface area contributed by atoms with Gasteiger partial charge in [-0.15, -0.1) is 10.2 Å². The second-order valence-corrected chi connectivity index (χ2v) is 7.95. The summed E-state index contributed by atoms with van der Waals surface area (Å²) < 4.78 is 5.57. The first-order valence-electron chi connectivity index (χ1n) is 8.16. The predicted molar refractivity (Wildman–Crippen MR) is 87.6 cm³/mol. The van der Waals surface area contributed by atoms with Gasteiger partial charge in [-0.2, -0.15) is 0 Å². The van der Waals surface area contributed by atoms with Gasteiger partial charge >= 0.3 is 0 Å². The van der Waals surface area contributed by atoms with Crippen molar-refractivity contribution in [1.82, 2.24) is 15.5 Å². The van der Waals surface area contributed by atoms with Gasteiger partial charge in [0, 0.05) is 18.2 Å². The smallest absolute Gasteiger partial charge is 0.276 e. The maximum atomic E-state index is 5.57. The molecule has 3 unspecified atom stereocenters. The highest BCUT2D eigenvalue weighted by molar-refractivity contribution is 7.99. The van der Waals surface area contributed by atoms with Crippen LogP contribution in [-0.4, -0.2) is 28.0 Å². The number of aromatic nitrogens is 2. The molecule has 5 heteroatoms. The maximum Gasteiger partial charge on any atom is 0.276 e. The summed E-state index contributed by atoms with van der Waals surface area (Å²) in [5.41, 5.74) is 0.417. The van der Waals surface area contributed by atoms with Crippen LogP contribution in [-0.2, 0) is 0 Å². The van der Waals surface area contributed by atoms with E-state index in [-0.39, 0.29) is 0 Å². The monoisotopic (exact) mass is 311 g/mol. The fourth-order valence-electron chi connectivity index (χ4n) is 3.21. The first-order chi connectivity index (χ1) is 9.96. The van der Waals surface area contributed by atoms with Crippen LogP contribution in [0.15, 0.2) is 9.64 Å². The zero-order valence-corrected chi connectivity index (χ0v) is 14.8. The summed E-state index contributed by atoms with van der Waals surface area (Å²) in [7, 11) is 0. The topological polar surface area (TPSA) is 51.0 Å². The van der Waals surface area contributed by atoms with Gasteiger partial charge in [-0.1, -0.05) is 45.9 Å². The van der Waals surface area contributed by atoms with Gasteiger partial charge in [-0.3, -0.25) is 0 Å². The molecule has 2 rings (SSSR count). The highest BCUT2D eigenvalue weighted by Gasteiger charge is 2.38. The van der Waals surface area contributed by atoms with E-state index in [1.54, 1.807) is 11.8 Å². The predicted octanol–water partition coefficient (Wildman–Crippen LogP) is 4.05. The second-order valence-electron chi connectivity index (χ2n) is 6.76. The van der Waals surface area contributed by atoms with Crippen molar-refractivity contribution in [3.8, 4) is 0 Å². The molecule has 1 aromatic heterocycles. The second kappa shape index (κ2) is 7.14. The molecule has 1 fully saturated rings. The van der Waals surface area contributed by atoms with Crippen LogP contribution in [0.1, 0.15) is 59.3 Å². The van der Waals surface area contributed by atoms with Crippen molar-refractivity contribution in [3.63, 3.8) is 0 Å². The van der Waals surface area contributed by atoms with Gasteiger partial charge in [0.05, 0.1) is 0 Å². The summed E-state index contributed by atoms with van der Waals surface area (Å²) in [5.74, 6) is 1.43. The normalized spacial score (nSPS) is 27.0. The van der Waals surface area contributed by atoms with Crippen molar-refractivity contribution < 1.29 is 4.42 Å². The Hall–Kier alpha value is -0.550. The zero-order valence-electron chi connectivity index (χ0n) is 14.0. The van der Waals surface area contributed by atoms with Gasteiger partial charge in [0.1, 0.15) is 0 Å². The largest absolute Gasteiger partial charge is 0.416 e. The van der Waals surface area contributed by atoms with Crippen molar-refractivity contribution in [2.24, 2.45) is 11.3 Å². The van der Waals surface area contributed by atoms with E-state index in [1.165, 1.54) is 25.7 Å². The van der Waals surface area contributed by atoms with E-state index >= 15 is 0 Å². The van der Waals surface area contributed by atoms with Crippen LogP contribution >= 0.6 is 11.8 Å². The Morgan fingerprint density at radius 2 is 2.05 bits per heavy atom. The summed E-state index contributed by atoms with van der Waals surface area (Å²) in [6.45, 7) is 12.2. The Kier molecular flexibility index (Phi) is 5.72. The summed E-state index contributed by atoms with van der Waals surface area (Å²) in [5, 5.41) is 13.0. The fourth-order valence-corrected chi connectivity index (χ4v) is 4.45. The standard InChI is InChI=1S/C16H29N3OS/c1-6-16(4,5)12-8-9-13(17-7-2)14(10-12)21-15-19-18-11(3)20-15/h12-14,17H,6-10H2,1-5H3. The molecule has 0 spiro atoms. The van der Waals surface area contributed by atoms with Gasteiger partial charge in [-0.25, -0.2) is 0 Å². The van der Waals surface area contributed by atoms with E-state index in [0.717, 1.165) is 17.7 Å². The number of aryl methyl sites for hydroxylation is 1. The van der Waals surface area contributed by atoms with Crippen LogP contribution in [0.2, 0.25) is 0 Å². The van der Waals surface area contributed by atoms with E-state index in [1.807, 2.05) is 6.92 Å². The lowest BCUT2D eigenvalue weighted by atomic mass is 9.68. The van der Waals surface area contributed by atoms with Gasteiger partial charge < -0.3 is 9.73 Å². The number of nitrogens with one attached hydrogen (secondary N) is 1. The molecule has 0 aliphatic heterocycles. The Morgan fingerprint density at radius 3 is 2.62 bits per heavy atom. The average Bonchev–Trinajstić information content (AvgIpc) is 2.86. The highest BCUT2D eigenvalue weighted by atomic mass is 32.2. The Balaban J connectivity index is 2.07. The molecular weight excluding hydrogens is 282 g/mol. The summed E-state index contributed by atoms with van der Waals surface area (Å²) in [6.07, 6.45) is 5.02. The molecule has 21 heavy (non-hydrogen) atoms. The molecule has 1 saturated carbocycles. The van der Waals surface area contributed by atoms with Crippen molar-refractivity contribution in [2.45, 2.75) is 76.8 Å². The number of hydrogen-bond acceptors (Lipinski definition) is 5. The lowest BCUT2D eigenvalue weighted by Gasteiger charge is -2.42. The first kappa shape index (κ1) is 16.8. The number of hydrogen-bond donors (Lipinski definition) is 1.